The molecule has 1 aromatic carbocycles. The Hall–Kier alpha value is -3.79. The number of hydrogen-bond donors (Lipinski definition) is 2. The van der Waals surface area contributed by atoms with E-state index in [1.54, 1.807) is 31.1 Å². The summed E-state index contributed by atoms with van der Waals surface area (Å²) < 4.78 is 7.43. The third-order valence-electron chi connectivity index (χ3n) is 5.69. The van der Waals surface area contributed by atoms with E-state index in [0.29, 0.717) is 47.3 Å². The van der Waals surface area contributed by atoms with Gasteiger partial charge in [0.25, 0.3) is 0 Å². The zero-order chi connectivity index (χ0) is 25.1. The van der Waals surface area contributed by atoms with Crippen LogP contribution < -0.4 is 15.4 Å². The molecule has 0 unspecified atom stereocenters. The second kappa shape index (κ2) is 10.2. The molecule has 1 amide bonds. The molecule has 0 aliphatic heterocycles. The SMILES string of the molecule is CCC(=O)c1cnc(NC(=O)C2CC2)cc1Nc1cc(CN(C)C)cc(-c2ncn(C)n2)c1OC. The zero-order valence-corrected chi connectivity index (χ0v) is 20.8. The second-order valence-electron chi connectivity index (χ2n) is 8.98. The molecule has 35 heavy (non-hydrogen) atoms. The van der Waals surface area contributed by atoms with Crippen LogP contribution in [0.3, 0.4) is 0 Å². The lowest BCUT2D eigenvalue weighted by Crippen LogP contribution is -2.15. The van der Waals surface area contributed by atoms with Crippen LogP contribution in [-0.4, -0.2) is 57.5 Å². The van der Waals surface area contributed by atoms with Gasteiger partial charge in [-0.05, 0) is 44.6 Å². The van der Waals surface area contributed by atoms with Crippen LogP contribution in [-0.2, 0) is 18.4 Å². The molecule has 10 heteroatoms. The lowest BCUT2D eigenvalue weighted by atomic mass is 10.0. The predicted molar refractivity (Wildman–Crippen MR) is 134 cm³/mol. The van der Waals surface area contributed by atoms with Crippen LogP contribution in [0.2, 0.25) is 0 Å². The van der Waals surface area contributed by atoms with Gasteiger partial charge in [-0.15, -0.1) is 0 Å². The number of ketones is 1. The Kier molecular flexibility index (Phi) is 7.11. The maximum absolute atomic E-state index is 12.7. The third-order valence-corrected chi connectivity index (χ3v) is 5.69. The fourth-order valence-electron chi connectivity index (χ4n) is 3.85. The van der Waals surface area contributed by atoms with Crippen LogP contribution in [0, 0.1) is 5.92 Å². The highest BCUT2D eigenvalue weighted by molar-refractivity contribution is 6.03. The average Bonchev–Trinajstić information content (AvgIpc) is 3.59. The fraction of sp³-hybridized carbons (Fsp3) is 0.400. The van der Waals surface area contributed by atoms with Crippen LogP contribution in [0.25, 0.3) is 11.4 Å². The first-order valence-corrected chi connectivity index (χ1v) is 11.6. The molecule has 0 bridgehead atoms. The van der Waals surface area contributed by atoms with E-state index in [9.17, 15) is 9.59 Å². The molecule has 10 nitrogen and oxygen atoms in total. The van der Waals surface area contributed by atoms with Crippen molar-refractivity contribution in [3.05, 3.63) is 41.9 Å². The highest BCUT2D eigenvalue weighted by Crippen LogP contribution is 2.39. The first-order chi connectivity index (χ1) is 16.8. The van der Waals surface area contributed by atoms with Gasteiger partial charge in [0, 0.05) is 38.2 Å². The number of carbonyl (C=O) groups excluding carboxylic acids is 2. The van der Waals surface area contributed by atoms with E-state index in [1.807, 2.05) is 33.3 Å². The molecular weight excluding hydrogens is 446 g/mol. The Morgan fingerprint density at radius 3 is 2.54 bits per heavy atom. The number of ether oxygens (including phenoxy) is 1. The molecule has 2 N–H and O–H groups in total. The van der Waals surface area contributed by atoms with Crippen molar-refractivity contribution >= 4 is 28.9 Å². The van der Waals surface area contributed by atoms with Crippen LogP contribution >= 0.6 is 0 Å². The van der Waals surface area contributed by atoms with Gasteiger partial charge in [-0.3, -0.25) is 14.3 Å². The summed E-state index contributed by atoms with van der Waals surface area (Å²) in [7, 11) is 7.38. The van der Waals surface area contributed by atoms with Gasteiger partial charge in [0.2, 0.25) is 5.91 Å². The minimum atomic E-state index is -0.0601. The number of rotatable bonds is 10. The van der Waals surface area contributed by atoms with Gasteiger partial charge >= 0.3 is 0 Å². The van der Waals surface area contributed by atoms with Crippen molar-refractivity contribution in [1.82, 2.24) is 24.6 Å². The number of aryl methyl sites for hydroxylation is 1. The van der Waals surface area contributed by atoms with E-state index in [4.69, 9.17) is 4.74 Å². The number of methoxy groups -OCH3 is 1. The molecule has 0 atom stereocenters. The fourth-order valence-corrected chi connectivity index (χ4v) is 3.85. The van der Waals surface area contributed by atoms with E-state index in [0.717, 1.165) is 24.0 Å². The molecular formula is C25H31N7O3. The minimum Gasteiger partial charge on any atom is -0.494 e. The number of hydrogen-bond acceptors (Lipinski definition) is 8. The van der Waals surface area contributed by atoms with Gasteiger partial charge in [-0.25, -0.2) is 9.97 Å². The summed E-state index contributed by atoms with van der Waals surface area (Å²) in [4.78, 5) is 35.8. The summed E-state index contributed by atoms with van der Waals surface area (Å²) in [6.07, 6.45) is 5.25. The Morgan fingerprint density at radius 2 is 1.94 bits per heavy atom. The number of aromatic nitrogens is 4. The molecule has 184 valence electrons. The molecule has 1 aliphatic carbocycles. The molecule has 0 spiro atoms. The highest BCUT2D eigenvalue weighted by Gasteiger charge is 2.30. The number of carbonyl (C=O) groups is 2. The Balaban J connectivity index is 1.79. The zero-order valence-electron chi connectivity index (χ0n) is 20.8. The lowest BCUT2D eigenvalue weighted by Gasteiger charge is -2.19. The molecule has 4 rings (SSSR count). The normalized spacial score (nSPS) is 13.1. The molecule has 3 aromatic rings. The van der Waals surface area contributed by atoms with Gasteiger partial charge in [0.05, 0.1) is 29.6 Å². The number of nitrogens with one attached hydrogen (secondary N) is 2. The van der Waals surface area contributed by atoms with Crippen molar-refractivity contribution in [2.24, 2.45) is 13.0 Å². The van der Waals surface area contributed by atoms with Crippen molar-refractivity contribution in [1.29, 1.82) is 0 Å². The summed E-state index contributed by atoms with van der Waals surface area (Å²) in [5.41, 5.74) is 3.38. The van der Waals surface area contributed by atoms with Crippen molar-refractivity contribution in [3.63, 3.8) is 0 Å². The number of benzene rings is 1. The van der Waals surface area contributed by atoms with Crippen LogP contribution in [0.1, 0.15) is 42.1 Å². The summed E-state index contributed by atoms with van der Waals surface area (Å²) >= 11 is 0. The smallest absolute Gasteiger partial charge is 0.228 e. The quantitative estimate of drug-likeness (QED) is 0.426. The van der Waals surface area contributed by atoms with E-state index in [-0.39, 0.29) is 17.6 Å². The largest absolute Gasteiger partial charge is 0.494 e. The lowest BCUT2D eigenvalue weighted by molar-refractivity contribution is -0.117. The molecule has 0 saturated heterocycles. The number of pyridine rings is 1. The molecule has 1 saturated carbocycles. The summed E-state index contributed by atoms with van der Waals surface area (Å²) in [6.45, 7) is 2.48. The molecule has 0 radical (unpaired) electrons. The summed E-state index contributed by atoms with van der Waals surface area (Å²) in [6, 6.07) is 5.68. The van der Waals surface area contributed by atoms with Crippen LogP contribution in [0.5, 0.6) is 5.75 Å². The Morgan fingerprint density at radius 1 is 1.17 bits per heavy atom. The monoisotopic (exact) mass is 477 g/mol. The maximum atomic E-state index is 12.7. The summed E-state index contributed by atoms with van der Waals surface area (Å²) in [5, 5.41) is 10.7. The molecule has 2 heterocycles. The van der Waals surface area contributed by atoms with Gasteiger partial charge in [0.1, 0.15) is 12.1 Å². The Bertz CT molecular complexity index is 1250. The topological polar surface area (TPSA) is 114 Å². The van der Waals surface area contributed by atoms with Crippen LogP contribution in [0.4, 0.5) is 17.2 Å². The third kappa shape index (κ3) is 5.65. The van der Waals surface area contributed by atoms with Crippen LogP contribution in [0.15, 0.2) is 30.7 Å². The van der Waals surface area contributed by atoms with Gasteiger partial charge < -0.3 is 20.3 Å². The number of Topliss-reactive ketones (excluding diaryl/α,β-unsaturated/α-hetero) is 1. The molecule has 1 fully saturated rings. The first-order valence-electron chi connectivity index (χ1n) is 11.6. The van der Waals surface area contributed by atoms with E-state index < -0.39 is 0 Å². The predicted octanol–water partition coefficient (Wildman–Crippen LogP) is 3.63. The molecule has 1 aliphatic rings. The van der Waals surface area contributed by atoms with E-state index in [1.165, 1.54) is 6.20 Å². The Labute approximate surface area is 204 Å². The standard InChI is InChI=1S/C25H31N7O3/c1-6-21(33)18-12-26-22(29-25(34)16-7-8-16)11-19(18)28-20-10-15(13-31(2)3)9-17(23(20)35-5)24-27-14-32(4)30-24/h9-12,14,16H,6-8,13H2,1-5H3,(H2,26,28,29,34). The van der Waals surface area contributed by atoms with Crippen molar-refractivity contribution in [2.45, 2.75) is 32.7 Å². The number of amides is 1. The average molecular weight is 478 g/mol. The molecule has 2 aromatic heterocycles. The second-order valence-corrected chi connectivity index (χ2v) is 8.98. The van der Waals surface area contributed by atoms with E-state index >= 15 is 0 Å². The number of anilines is 3. The van der Waals surface area contributed by atoms with Crippen molar-refractivity contribution < 1.29 is 14.3 Å². The minimum absolute atomic E-state index is 0.0430. The van der Waals surface area contributed by atoms with Crippen molar-refractivity contribution in [2.75, 3.05) is 31.8 Å². The maximum Gasteiger partial charge on any atom is 0.228 e. The van der Waals surface area contributed by atoms with E-state index in [2.05, 4.69) is 30.6 Å². The first kappa shape index (κ1) is 24.3. The van der Waals surface area contributed by atoms with Crippen molar-refractivity contribution in [3.8, 4) is 17.1 Å². The summed E-state index contributed by atoms with van der Waals surface area (Å²) in [5.74, 6) is 1.41. The van der Waals surface area contributed by atoms with Gasteiger partial charge in [-0.2, -0.15) is 5.10 Å². The highest BCUT2D eigenvalue weighted by atomic mass is 16.5. The number of nitrogens with zero attached hydrogens (tertiary/aromatic N) is 5. The van der Waals surface area contributed by atoms with Gasteiger partial charge in [0.15, 0.2) is 17.4 Å². The van der Waals surface area contributed by atoms with Gasteiger partial charge in [-0.1, -0.05) is 6.92 Å².